The molecule has 0 aliphatic rings. The zero-order valence-electron chi connectivity index (χ0n) is 9.37. The van der Waals surface area contributed by atoms with Gasteiger partial charge in [-0.25, -0.2) is 4.98 Å². The zero-order chi connectivity index (χ0) is 11.6. The summed E-state index contributed by atoms with van der Waals surface area (Å²) in [6.07, 6.45) is 1.47. The normalized spacial score (nSPS) is 12.3. The van der Waals surface area contributed by atoms with Gasteiger partial charge in [-0.2, -0.15) is 0 Å². The van der Waals surface area contributed by atoms with Crippen molar-refractivity contribution in [2.24, 2.45) is 0 Å². The third-order valence-electron chi connectivity index (χ3n) is 2.42. The number of ketones is 1. The Labute approximate surface area is 88.1 Å². The fourth-order valence-electron chi connectivity index (χ4n) is 1.36. The Morgan fingerprint density at radius 1 is 1.60 bits per heavy atom. The van der Waals surface area contributed by atoms with Crippen molar-refractivity contribution in [1.82, 2.24) is 9.55 Å². The van der Waals surface area contributed by atoms with Crippen molar-refractivity contribution in [3.63, 3.8) is 0 Å². The monoisotopic (exact) mass is 209 g/mol. The maximum absolute atomic E-state index is 11.9. The maximum atomic E-state index is 11.9. The smallest absolute Gasteiger partial charge is 0.277 e. The van der Waals surface area contributed by atoms with Crippen LogP contribution in [0.15, 0.2) is 11.0 Å². The van der Waals surface area contributed by atoms with E-state index in [0.29, 0.717) is 11.5 Å². The number of anilines is 1. The SMILES string of the molecule is CNc1cnc(C)n(C(C)C(C)=O)c1=O. The number of nitrogens with zero attached hydrogens (tertiary/aromatic N) is 2. The highest BCUT2D eigenvalue weighted by atomic mass is 16.1. The van der Waals surface area contributed by atoms with Crippen LogP contribution >= 0.6 is 0 Å². The minimum atomic E-state index is -0.474. The first kappa shape index (κ1) is 11.4. The molecule has 0 fully saturated rings. The highest BCUT2D eigenvalue weighted by Gasteiger charge is 2.15. The molecule has 0 aliphatic carbocycles. The van der Waals surface area contributed by atoms with Gasteiger partial charge in [0, 0.05) is 7.05 Å². The van der Waals surface area contributed by atoms with Crippen LogP contribution in [0.25, 0.3) is 0 Å². The average molecular weight is 209 g/mol. The first-order valence-corrected chi connectivity index (χ1v) is 4.75. The van der Waals surface area contributed by atoms with E-state index >= 15 is 0 Å². The molecule has 0 aliphatic heterocycles. The molecule has 1 rings (SSSR count). The molecule has 0 spiro atoms. The maximum Gasteiger partial charge on any atom is 0.277 e. The summed E-state index contributed by atoms with van der Waals surface area (Å²) in [4.78, 5) is 27.2. The number of nitrogens with one attached hydrogen (secondary N) is 1. The van der Waals surface area contributed by atoms with Crippen LogP contribution in [0.1, 0.15) is 25.7 Å². The first-order chi connectivity index (χ1) is 6.99. The summed E-state index contributed by atoms with van der Waals surface area (Å²) in [7, 11) is 1.65. The molecule has 5 heteroatoms. The van der Waals surface area contributed by atoms with Gasteiger partial charge in [-0.15, -0.1) is 0 Å². The highest BCUT2D eigenvalue weighted by Crippen LogP contribution is 2.07. The molecular weight excluding hydrogens is 194 g/mol. The molecule has 1 heterocycles. The second kappa shape index (κ2) is 4.25. The molecule has 1 aromatic rings. The Bertz CT molecular complexity index is 437. The second-order valence-electron chi connectivity index (χ2n) is 3.43. The van der Waals surface area contributed by atoms with E-state index in [0.717, 1.165) is 0 Å². The van der Waals surface area contributed by atoms with Crippen molar-refractivity contribution >= 4 is 11.5 Å². The van der Waals surface area contributed by atoms with E-state index in [2.05, 4.69) is 10.3 Å². The molecule has 0 saturated heterocycles. The zero-order valence-corrected chi connectivity index (χ0v) is 9.37. The molecule has 0 amide bonds. The predicted octanol–water partition coefficient (Wildman–Crippen LogP) is 0.743. The molecular formula is C10H15N3O2. The van der Waals surface area contributed by atoms with Gasteiger partial charge in [-0.1, -0.05) is 0 Å². The van der Waals surface area contributed by atoms with Gasteiger partial charge in [0.05, 0.1) is 12.2 Å². The molecule has 82 valence electrons. The molecule has 1 aromatic heterocycles. The van der Waals surface area contributed by atoms with Gasteiger partial charge in [0.1, 0.15) is 11.5 Å². The highest BCUT2D eigenvalue weighted by molar-refractivity contribution is 5.79. The number of hydrogen-bond acceptors (Lipinski definition) is 4. The van der Waals surface area contributed by atoms with Gasteiger partial charge < -0.3 is 5.32 Å². The summed E-state index contributed by atoms with van der Waals surface area (Å²) < 4.78 is 1.40. The van der Waals surface area contributed by atoms with Crippen molar-refractivity contribution in [2.75, 3.05) is 12.4 Å². The van der Waals surface area contributed by atoms with E-state index in [9.17, 15) is 9.59 Å². The van der Waals surface area contributed by atoms with Crippen molar-refractivity contribution in [2.45, 2.75) is 26.8 Å². The van der Waals surface area contributed by atoms with Crippen molar-refractivity contribution < 1.29 is 4.79 Å². The molecule has 1 unspecified atom stereocenters. The third-order valence-corrected chi connectivity index (χ3v) is 2.42. The largest absolute Gasteiger partial charge is 0.382 e. The molecule has 0 aromatic carbocycles. The number of carbonyl (C=O) groups excluding carboxylic acids is 1. The lowest BCUT2D eigenvalue weighted by Gasteiger charge is -2.15. The minimum absolute atomic E-state index is 0.0600. The summed E-state index contributed by atoms with van der Waals surface area (Å²) in [6.45, 7) is 4.86. The molecule has 5 nitrogen and oxygen atoms in total. The Morgan fingerprint density at radius 2 is 2.20 bits per heavy atom. The van der Waals surface area contributed by atoms with Crippen LogP contribution in [-0.4, -0.2) is 22.4 Å². The van der Waals surface area contributed by atoms with Gasteiger partial charge in [0.15, 0.2) is 5.78 Å². The van der Waals surface area contributed by atoms with E-state index in [1.54, 1.807) is 20.9 Å². The number of hydrogen-bond donors (Lipinski definition) is 1. The van der Waals surface area contributed by atoms with Crippen LogP contribution in [0.4, 0.5) is 5.69 Å². The van der Waals surface area contributed by atoms with Crippen molar-refractivity contribution in [1.29, 1.82) is 0 Å². The van der Waals surface area contributed by atoms with Gasteiger partial charge in [-0.05, 0) is 20.8 Å². The lowest BCUT2D eigenvalue weighted by Crippen LogP contribution is -2.31. The third kappa shape index (κ3) is 2.06. The molecule has 0 bridgehead atoms. The fraction of sp³-hybridized carbons (Fsp3) is 0.500. The molecule has 1 atom stereocenters. The van der Waals surface area contributed by atoms with Crippen LogP contribution in [-0.2, 0) is 4.79 Å². The van der Waals surface area contributed by atoms with Crippen molar-refractivity contribution in [3.05, 3.63) is 22.4 Å². The van der Waals surface area contributed by atoms with Crippen molar-refractivity contribution in [3.8, 4) is 0 Å². The standard InChI is InChI=1S/C10H15N3O2/c1-6(7(2)14)13-8(3)12-5-9(11-4)10(13)15/h5-6,11H,1-4H3. The summed E-state index contributed by atoms with van der Waals surface area (Å²) in [6, 6.07) is -0.474. The number of Topliss-reactive ketones (excluding diaryl/α,β-unsaturated/α-hetero) is 1. The van der Waals surface area contributed by atoms with Crippen LogP contribution < -0.4 is 10.9 Å². The van der Waals surface area contributed by atoms with Crippen LogP contribution in [0, 0.1) is 6.92 Å². The first-order valence-electron chi connectivity index (χ1n) is 4.75. The Balaban J connectivity index is 3.39. The number of carbonyl (C=O) groups is 1. The quantitative estimate of drug-likeness (QED) is 0.797. The topological polar surface area (TPSA) is 64.0 Å². The van der Waals surface area contributed by atoms with Gasteiger partial charge in [0.2, 0.25) is 0 Å². The average Bonchev–Trinajstić information content (AvgIpc) is 2.17. The van der Waals surface area contributed by atoms with E-state index < -0.39 is 6.04 Å². The van der Waals surface area contributed by atoms with E-state index in [4.69, 9.17) is 0 Å². The Kier molecular flexibility index (Phi) is 3.24. The van der Waals surface area contributed by atoms with Gasteiger partial charge >= 0.3 is 0 Å². The Hall–Kier alpha value is -1.65. The molecule has 15 heavy (non-hydrogen) atoms. The van der Waals surface area contributed by atoms with Crippen LogP contribution in [0.3, 0.4) is 0 Å². The van der Waals surface area contributed by atoms with E-state index in [1.165, 1.54) is 17.7 Å². The number of rotatable bonds is 3. The summed E-state index contributed by atoms with van der Waals surface area (Å²) in [5, 5.41) is 2.75. The number of aryl methyl sites for hydroxylation is 1. The number of aromatic nitrogens is 2. The van der Waals surface area contributed by atoms with Crippen LogP contribution in [0.5, 0.6) is 0 Å². The van der Waals surface area contributed by atoms with Crippen LogP contribution in [0.2, 0.25) is 0 Å². The summed E-state index contributed by atoms with van der Waals surface area (Å²) in [5.74, 6) is 0.483. The van der Waals surface area contributed by atoms with Gasteiger partial charge in [-0.3, -0.25) is 14.2 Å². The van der Waals surface area contributed by atoms with Gasteiger partial charge in [0.25, 0.3) is 5.56 Å². The molecule has 0 radical (unpaired) electrons. The second-order valence-corrected chi connectivity index (χ2v) is 3.43. The summed E-state index contributed by atoms with van der Waals surface area (Å²) >= 11 is 0. The van der Waals surface area contributed by atoms with E-state index in [-0.39, 0.29) is 11.3 Å². The van der Waals surface area contributed by atoms with E-state index in [1.807, 2.05) is 0 Å². The lowest BCUT2D eigenvalue weighted by molar-refractivity contribution is -0.119. The fourth-order valence-corrected chi connectivity index (χ4v) is 1.36. The molecule has 1 N–H and O–H groups in total. The lowest BCUT2D eigenvalue weighted by atomic mass is 10.2. The molecule has 0 saturated carbocycles. The minimum Gasteiger partial charge on any atom is -0.382 e. The Morgan fingerprint density at radius 3 is 2.67 bits per heavy atom. The summed E-state index contributed by atoms with van der Waals surface area (Å²) in [5.41, 5.74) is 0.182. The predicted molar refractivity (Wildman–Crippen MR) is 58.2 cm³/mol.